The van der Waals surface area contributed by atoms with Gasteiger partial charge in [0, 0.05) is 35.3 Å². The summed E-state index contributed by atoms with van der Waals surface area (Å²) in [5, 5.41) is 11.7. The lowest BCUT2D eigenvalue weighted by atomic mass is 10.1. The van der Waals surface area contributed by atoms with E-state index in [4.69, 9.17) is 0 Å². The second-order valence-corrected chi connectivity index (χ2v) is 6.36. The number of benzene rings is 1. The van der Waals surface area contributed by atoms with E-state index in [1.165, 1.54) is 6.33 Å². The lowest BCUT2D eigenvalue weighted by Gasteiger charge is -2.05. The first kappa shape index (κ1) is 18.3. The van der Waals surface area contributed by atoms with Crippen molar-refractivity contribution >= 4 is 34.6 Å². The molecule has 0 spiro atoms. The SMILES string of the molecule is C=N/C=C(\C=CC)CNC(=O)c1n[nH]c2cc(-c3ncnc4[nH]ccc34)ccc12. The molecule has 1 amide bonds. The normalized spacial score (nSPS) is 12.1. The maximum absolute atomic E-state index is 12.6. The quantitative estimate of drug-likeness (QED) is 0.349. The summed E-state index contributed by atoms with van der Waals surface area (Å²) in [6.45, 7) is 5.68. The van der Waals surface area contributed by atoms with Crippen LogP contribution in [0, 0.1) is 0 Å². The van der Waals surface area contributed by atoms with Crippen molar-refractivity contribution in [3.63, 3.8) is 0 Å². The third kappa shape index (κ3) is 3.55. The molecular weight excluding hydrogens is 366 g/mol. The zero-order valence-corrected chi connectivity index (χ0v) is 15.8. The lowest BCUT2D eigenvalue weighted by Crippen LogP contribution is -2.25. The number of hydrogen-bond acceptors (Lipinski definition) is 5. The molecule has 0 fully saturated rings. The highest BCUT2D eigenvalue weighted by Crippen LogP contribution is 2.28. The van der Waals surface area contributed by atoms with E-state index in [1.807, 2.05) is 49.5 Å². The maximum Gasteiger partial charge on any atom is 0.272 e. The van der Waals surface area contributed by atoms with Gasteiger partial charge in [0.25, 0.3) is 5.91 Å². The number of hydrogen-bond donors (Lipinski definition) is 3. The summed E-state index contributed by atoms with van der Waals surface area (Å²) in [6, 6.07) is 7.67. The lowest BCUT2D eigenvalue weighted by molar-refractivity contribution is 0.0954. The number of aromatic amines is 2. The van der Waals surface area contributed by atoms with Crippen molar-refractivity contribution in [1.82, 2.24) is 30.5 Å². The largest absolute Gasteiger partial charge is 0.346 e. The van der Waals surface area contributed by atoms with Crippen LogP contribution in [0.4, 0.5) is 0 Å². The van der Waals surface area contributed by atoms with Gasteiger partial charge < -0.3 is 10.3 Å². The standard InChI is InChI=1S/C21H19N7O/c1-3-4-13(10-22-2)11-24-21(29)19-15-6-5-14(9-17(15)27-28-19)18-16-7-8-23-20(16)26-12-25-18/h3-10,12H,2,11H2,1H3,(H,24,29)(H,27,28)(H,23,25,26)/b4-3?,13-10+. The molecule has 144 valence electrons. The average molecular weight is 385 g/mol. The molecule has 0 aliphatic rings. The van der Waals surface area contributed by atoms with Crippen molar-refractivity contribution in [1.29, 1.82) is 0 Å². The Balaban J connectivity index is 1.62. The Morgan fingerprint density at radius 2 is 2.17 bits per heavy atom. The molecule has 3 heterocycles. The molecule has 0 bridgehead atoms. The zero-order valence-electron chi connectivity index (χ0n) is 15.8. The van der Waals surface area contributed by atoms with Crippen LogP contribution in [0.2, 0.25) is 0 Å². The number of nitrogens with zero attached hydrogens (tertiary/aromatic N) is 4. The van der Waals surface area contributed by atoms with Crippen LogP contribution in [-0.2, 0) is 0 Å². The van der Waals surface area contributed by atoms with Gasteiger partial charge in [0.2, 0.25) is 0 Å². The van der Waals surface area contributed by atoms with E-state index < -0.39 is 0 Å². The van der Waals surface area contributed by atoms with Crippen molar-refractivity contribution < 1.29 is 4.79 Å². The van der Waals surface area contributed by atoms with Crippen LogP contribution in [0.3, 0.4) is 0 Å². The van der Waals surface area contributed by atoms with Gasteiger partial charge in [0.05, 0.1) is 11.2 Å². The maximum atomic E-state index is 12.6. The van der Waals surface area contributed by atoms with Gasteiger partial charge in [-0.2, -0.15) is 5.10 Å². The van der Waals surface area contributed by atoms with E-state index in [0.29, 0.717) is 12.2 Å². The molecule has 8 nitrogen and oxygen atoms in total. The molecule has 4 rings (SSSR count). The van der Waals surface area contributed by atoms with E-state index in [0.717, 1.165) is 38.8 Å². The summed E-state index contributed by atoms with van der Waals surface area (Å²) < 4.78 is 0. The predicted molar refractivity (Wildman–Crippen MR) is 114 cm³/mol. The van der Waals surface area contributed by atoms with Gasteiger partial charge in [-0.3, -0.25) is 14.9 Å². The Kier molecular flexibility index (Phi) is 4.98. The Morgan fingerprint density at radius 3 is 3.00 bits per heavy atom. The van der Waals surface area contributed by atoms with Crippen LogP contribution in [-0.4, -0.2) is 44.3 Å². The van der Waals surface area contributed by atoms with E-state index in [-0.39, 0.29) is 5.91 Å². The molecule has 0 atom stereocenters. The molecule has 0 unspecified atom stereocenters. The highest BCUT2D eigenvalue weighted by molar-refractivity contribution is 6.06. The van der Waals surface area contributed by atoms with Crippen molar-refractivity contribution in [3.8, 4) is 11.3 Å². The van der Waals surface area contributed by atoms with Crippen molar-refractivity contribution in [2.24, 2.45) is 4.99 Å². The number of aromatic nitrogens is 5. The topological polar surface area (TPSA) is 112 Å². The highest BCUT2D eigenvalue weighted by atomic mass is 16.1. The van der Waals surface area contributed by atoms with Crippen LogP contribution in [0.1, 0.15) is 17.4 Å². The monoisotopic (exact) mass is 385 g/mol. The van der Waals surface area contributed by atoms with Crippen LogP contribution < -0.4 is 5.32 Å². The number of H-pyrrole nitrogens is 2. The second-order valence-electron chi connectivity index (χ2n) is 6.36. The van der Waals surface area contributed by atoms with E-state index in [9.17, 15) is 4.79 Å². The average Bonchev–Trinajstić information content (AvgIpc) is 3.38. The van der Waals surface area contributed by atoms with Crippen molar-refractivity contribution in [2.75, 3.05) is 6.54 Å². The Bertz CT molecular complexity index is 1260. The molecule has 1 aromatic carbocycles. The fraction of sp³-hybridized carbons (Fsp3) is 0.0952. The summed E-state index contributed by atoms with van der Waals surface area (Å²) in [4.78, 5) is 28.1. The van der Waals surface area contributed by atoms with Crippen molar-refractivity contribution in [3.05, 3.63) is 66.4 Å². The highest BCUT2D eigenvalue weighted by Gasteiger charge is 2.15. The van der Waals surface area contributed by atoms with E-state index in [2.05, 4.69) is 42.2 Å². The van der Waals surface area contributed by atoms with Gasteiger partial charge in [-0.1, -0.05) is 18.2 Å². The second kappa shape index (κ2) is 7.89. The van der Waals surface area contributed by atoms with Gasteiger partial charge in [-0.05, 0) is 37.4 Å². The minimum absolute atomic E-state index is 0.265. The third-order valence-electron chi connectivity index (χ3n) is 4.50. The van der Waals surface area contributed by atoms with Crippen LogP contribution in [0.5, 0.6) is 0 Å². The fourth-order valence-electron chi connectivity index (χ4n) is 3.19. The number of fused-ring (bicyclic) bond motifs is 2. The number of amides is 1. The number of rotatable bonds is 6. The predicted octanol–water partition coefficient (Wildman–Crippen LogP) is 3.39. The molecule has 0 saturated heterocycles. The Labute approximate surface area is 166 Å². The van der Waals surface area contributed by atoms with Gasteiger partial charge in [-0.25, -0.2) is 9.97 Å². The summed E-state index contributed by atoms with van der Waals surface area (Å²) in [5.41, 5.74) is 4.45. The third-order valence-corrected chi connectivity index (χ3v) is 4.50. The first-order valence-electron chi connectivity index (χ1n) is 9.03. The molecular formula is C21H19N7O. The van der Waals surface area contributed by atoms with Gasteiger partial charge in [0.15, 0.2) is 5.69 Å². The van der Waals surface area contributed by atoms with Crippen LogP contribution >= 0.6 is 0 Å². The summed E-state index contributed by atoms with van der Waals surface area (Å²) in [7, 11) is 0. The van der Waals surface area contributed by atoms with E-state index in [1.54, 1.807) is 6.20 Å². The molecule has 4 aromatic rings. The number of nitrogens with one attached hydrogen (secondary N) is 3. The summed E-state index contributed by atoms with van der Waals surface area (Å²) >= 11 is 0. The molecule has 8 heteroatoms. The van der Waals surface area contributed by atoms with Gasteiger partial charge >= 0.3 is 0 Å². The molecule has 29 heavy (non-hydrogen) atoms. The van der Waals surface area contributed by atoms with Crippen LogP contribution in [0.15, 0.2) is 65.7 Å². The summed E-state index contributed by atoms with van der Waals surface area (Å²) in [6.07, 6.45) is 8.71. The first-order valence-corrected chi connectivity index (χ1v) is 9.03. The van der Waals surface area contributed by atoms with Crippen molar-refractivity contribution in [2.45, 2.75) is 6.92 Å². The van der Waals surface area contributed by atoms with Gasteiger partial charge in [0.1, 0.15) is 12.0 Å². The smallest absolute Gasteiger partial charge is 0.272 e. The Hall–Kier alpha value is -4.07. The summed E-state index contributed by atoms with van der Waals surface area (Å²) in [5.74, 6) is -0.265. The van der Waals surface area contributed by atoms with E-state index >= 15 is 0 Å². The molecule has 0 aliphatic carbocycles. The van der Waals surface area contributed by atoms with Crippen LogP contribution in [0.25, 0.3) is 33.2 Å². The molecule has 3 aromatic heterocycles. The fourth-order valence-corrected chi connectivity index (χ4v) is 3.19. The minimum atomic E-state index is -0.265. The molecule has 3 N–H and O–H groups in total. The number of carbonyl (C=O) groups excluding carboxylic acids is 1. The number of carbonyl (C=O) groups is 1. The van der Waals surface area contributed by atoms with Gasteiger partial charge in [-0.15, -0.1) is 0 Å². The molecule has 0 saturated carbocycles. The molecule has 0 aliphatic heterocycles. The zero-order chi connectivity index (χ0) is 20.2. The minimum Gasteiger partial charge on any atom is -0.346 e. The Morgan fingerprint density at radius 1 is 1.28 bits per heavy atom. The molecule has 0 radical (unpaired) electrons. The first-order chi connectivity index (χ1) is 14.2. The number of allylic oxidation sites excluding steroid dienone is 1. The number of aliphatic imine (C=N–C) groups is 1.